The van der Waals surface area contributed by atoms with E-state index >= 15 is 0 Å². The van der Waals surface area contributed by atoms with E-state index < -0.39 is 13.9 Å². The number of nitrogens with one attached hydrogen (secondary N) is 1. The molecule has 3 rings (SSSR count). The van der Waals surface area contributed by atoms with Crippen molar-refractivity contribution in [3.05, 3.63) is 71.8 Å². The van der Waals surface area contributed by atoms with Crippen LogP contribution in [-0.2, 0) is 27.4 Å². The third kappa shape index (κ3) is 7.92. The van der Waals surface area contributed by atoms with Gasteiger partial charge in [0.25, 0.3) is 0 Å². The lowest BCUT2D eigenvalue weighted by Gasteiger charge is -2.24. The van der Waals surface area contributed by atoms with Crippen LogP contribution in [0.15, 0.2) is 60.7 Å². The van der Waals surface area contributed by atoms with E-state index in [9.17, 15) is 0 Å². The van der Waals surface area contributed by atoms with Crippen LogP contribution in [0, 0.1) is 11.5 Å². The number of benzene rings is 2. The van der Waals surface area contributed by atoms with E-state index in [4.69, 9.17) is 14.2 Å². The summed E-state index contributed by atoms with van der Waals surface area (Å²) in [7, 11) is -1.54. The Bertz CT molecular complexity index is 868. The van der Waals surface area contributed by atoms with E-state index in [2.05, 4.69) is 72.8 Å². The van der Waals surface area contributed by atoms with E-state index in [-0.39, 0.29) is 18.2 Å². The first-order valence-electron chi connectivity index (χ1n) is 11.0. The minimum atomic E-state index is -1.54. The molecule has 2 aromatic carbocycles. The fourth-order valence-electron chi connectivity index (χ4n) is 3.51. The molecular weight excluding hydrogens is 402 g/mol. The molecule has 31 heavy (non-hydrogen) atoms. The van der Waals surface area contributed by atoms with Gasteiger partial charge in [0, 0.05) is 6.54 Å². The van der Waals surface area contributed by atoms with E-state index in [1.54, 1.807) is 0 Å². The number of hydrogen-bond acceptors (Lipinski definition) is 4. The van der Waals surface area contributed by atoms with Crippen molar-refractivity contribution < 1.29 is 14.2 Å². The predicted molar refractivity (Wildman–Crippen MR) is 128 cm³/mol. The third-order valence-corrected chi connectivity index (χ3v) is 5.81. The SMILES string of the molecule is CC1(C)O[C@H]([C@H](C#C[Si](C)(C)C)NCc2ccccc2)[C@H](COCc2ccccc2)O1. The summed E-state index contributed by atoms with van der Waals surface area (Å²) in [6.45, 7) is 12.4. The molecule has 5 heteroatoms. The Morgan fingerprint density at radius 1 is 0.968 bits per heavy atom. The molecule has 1 fully saturated rings. The average Bonchev–Trinajstić information content (AvgIpc) is 3.03. The van der Waals surface area contributed by atoms with Gasteiger partial charge in [-0.1, -0.05) is 86.2 Å². The Morgan fingerprint density at radius 3 is 2.19 bits per heavy atom. The van der Waals surface area contributed by atoms with Crippen LogP contribution < -0.4 is 5.32 Å². The molecule has 1 N–H and O–H groups in total. The molecule has 2 aromatic rings. The van der Waals surface area contributed by atoms with Crippen molar-refractivity contribution in [3.8, 4) is 11.5 Å². The number of hydrogen-bond donors (Lipinski definition) is 1. The van der Waals surface area contributed by atoms with E-state index in [0.717, 1.165) is 12.1 Å². The zero-order valence-electron chi connectivity index (χ0n) is 19.4. The fourth-order valence-corrected chi connectivity index (χ4v) is 4.10. The standard InChI is InChI=1S/C26H35NO3Si/c1-26(2)29-24(20-28-19-22-14-10-7-11-15-22)25(30-26)23(16-17-31(3,4)5)27-18-21-12-8-6-9-13-21/h6-15,23-25,27H,18-20H2,1-5H3/t23-,24-,25+/m0/s1. The minimum Gasteiger partial charge on any atom is -0.374 e. The summed E-state index contributed by atoms with van der Waals surface area (Å²) in [5.74, 6) is 2.82. The quantitative estimate of drug-likeness (QED) is 0.477. The largest absolute Gasteiger partial charge is 0.374 e. The van der Waals surface area contributed by atoms with Gasteiger partial charge in [-0.3, -0.25) is 5.32 Å². The lowest BCUT2D eigenvalue weighted by molar-refractivity contribution is -0.152. The van der Waals surface area contributed by atoms with Crippen LogP contribution in [0.1, 0.15) is 25.0 Å². The molecule has 0 amide bonds. The van der Waals surface area contributed by atoms with Gasteiger partial charge < -0.3 is 14.2 Å². The second kappa shape index (κ2) is 10.6. The molecule has 0 spiro atoms. The summed E-state index contributed by atoms with van der Waals surface area (Å²) >= 11 is 0. The Kier molecular flexibility index (Phi) is 8.10. The van der Waals surface area contributed by atoms with Gasteiger partial charge in [-0.2, -0.15) is 0 Å². The zero-order chi connectivity index (χ0) is 22.3. The maximum atomic E-state index is 6.33. The van der Waals surface area contributed by atoms with Crippen molar-refractivity contribution in [3.63, 3.8) is 0 Å². The molecule has 3 atom stereocenters. The first-order chi connectivity index (χ1) is 14.7. The van der Waals surface area contributed by atoms with Crippen LogP contribution in [0.4, 0.5) is 0 Å². The van der Waals surface area contributed by atoms with E-state index in [0.29, 0.717) is 13.2 Å². The predicted octanol–water partition coefficient (Wildman–Crippen LogP) is 4.76. The first-order valence-corrected chi connectivity index (χ1v) is 14.5. The van der Waals surface area contributed by atoms with Crippen molar-refractivity contribution in [1.29, 1.82) is 0 Å². The van der Waals surface area contributed by atoms with Crippen molar-refractivity contribution >= 4 is 8.07 Å². The minimum absolute atomic E-state index is 0.140. The molecule has 0 aliphatic carbocycles. The summed E-state index contributed by atoms with van der Waals surface area (Å²) in [4.78, 5) is 0. The monoisotopic (exact) mass is 437 g/mol. The van der Waals surface area contributed by atoms with Gasteiger partial charge in [0.1, 0.15) is 20.3 Å². The second-order valence-corrected chi connectivity index (χ2v) is 14.3. The Morgan fingerprint density at radius 2 is 1.58 bits per heavy atom. The van der Waals surface area contributed by atoms with Gasteiger partial charge in [-0.25, -0.2) is 0 Å². The molecule has 0 aromatic heterocycles. The summed E-state index contributed by atoms with van der Waals surface area (Å²) in [5.41, 5.74) is 5.88. The highest BCUT2D eigenvalue weighted by Gasteiger charge is 2.45. The highest BCUT2D eigenvalue weighted by atomic mass is 28.3. The van der Waals surface area contributed by atoms with Gasteiger partial charge in [0.05, 0.1) is 19.3 Å². The van der Waals surface area contributed by atoms with Crippen LogP contribution in [0.25, 0.3) is 0 Å². The summed E-state index contributed by atoms with van der Waals surface area (Å²) in [6, 6.07) is 20.4. The van der Waals surface area contributed by atoms with Crippen LogP contribution in [0.3, 0.4) is 0 Å². The molecule has 1 aliphatic rings. The highest BCUT2D eigenvalue weighted by Crippen LogP contribution is 2.30. The van der Waals surface area contributed by atoms with Gasteiger partial charge in [0.2, 0.25) is 0 Å². The highest BCUT2D eigenvalue weighted by molar-refractivity contribution is 6.83. The molecule has 4 nitrogen and oxygen atoms in total. The fraction of sp³-hybridized carbons (Fsp3) is 0.462. The first kappa shape index (κ1) is 23.7. The average molecular weight is 438 g/mol. The van der Waals surface area contributed by atoms with E-state index in [1.807, 2.05) is 38.1 Å². The van der Waals surface area contributed by atoms with Crippen LogP contribution in [0.2, 0.25) is 19.6 Å². The molecule has 166 valence electrons. The maximum Gasteiger partial charge on any atom is 0.164 e. The maximum absolute atomic E-state index is 6.33. The van der Waals surface area contributed by atoms with Gasteiger partial charge in [0.15, 0.2) is 5.79 Å². The van der Waals surface area contributed by atoms with E-state index in [1.165, 1.54) is 5.56 Å². The van der Waals surface area contributed by atoms with Crippen molar-refractivity contribution in [2.24, 2.45) is 0 Å². The van der Waals surface area contributed by atoms with Crippen LogP contribution >= 0.6 is 0 Å². The van der Waals surface area contributed by atoms with Crippen molar-refractivity contribution in [2.45, 2.75) is 70.7 Å². The smallest absolute Gasteiger partial charge is 0.164 e. The molecule has 0 radical (unpaired) electrons. The molecule has 1 heterocycles. The van der Waals surface area contributed by atoms with Crippen molar-refractivity contribution in [1.82, 2.24) is 5.32 Å². The summed E-state index contributed by atoms with van der Waals surface area (Å²) in [5, 5.41) is 3.61. The lowest BCUT2D eigenvalue weighted by atomic mass is 10.1. The molecular formula is C26H35NO3Si. The van der Waals surface area contributed by atoms with Crippen LogP contribution in [-0.4, -0.2) is 38.7 Å². The molecule has 0 saturated carbocycles. The molecule has 0 bridgehead atoms. The van der Waals surface area contributed by atoms with Gasteiger partial charge in [-0.05, 0) is 25.0 Å². The molecule has 1 saturated heterocycles. The Labute approximate surface area is 188 Å². The second-order valence-electron chi connectivity index (χ2n) is 9.50. The summed E-state index contributed by atoms with van der Waals surface area (Å²) < 4.78 is 18.6. The zero-order valence-corrected chi connectivity index (χ0v) is 20.4. The summed E-state index contributed by atoms with van der Waals surface area (Å²) in [6.07, 6.45) is -0.402. The Hall–Kier alpha value is -1.94. The van der Waals surface area contributed by atoms with Crippen LogP contribution in [0.5, 0.6) is 0 Å². The molecule has 0 unspecified atom stereocenters. The topological polar surface area (TPSA) is 39.7 Å². The van der Waals surface area contributed by atoms with Gasteiger partial charge in [-0.15, -0.1) is 5.54 Å². The Balaban J connectivity index is 1.71. The normalized spacial score (nSPS) is 21.3. The lowest BCUT2D eigenvalue weighted by Crippen LogP contribution is -2.45. The number of ether oxygens (including phenoxy) is 3. The van der Waals surface area contributed by atoms with Gasteiger partial charge >= 0.3 is 0 Å². The number of rotatable bonds is 8. The third-order valence-electron chi connectivity index (χ3n) is 4.92. The molecule has 1 aliphatic heterocycles. The van der Waals surface area contributed by atoms with Crippen molar-refractivity contribution in [2.75, 3.05) is 6.61 Å².